The van der Waals surface area contributed by atoms with E-state index in [2.05, 4.69) is 16.8 Å². The van der Waals surface area contributed by atoms with E-state index in [0.717, 1.165) is 25.2 Å². The number of anilines is 1. The van der Waals surface area contributed by atoms with E-state index < -0.39 is 11.8 Å². The lowest BCUT2D eigenvalue weighted by molar-refractivity contribution is 0.0951. The average molecular weight is 336 g/mol. The van der Waals surface area contributed by atoms with E-state index in [4.69, 9.17) is 0 Å². The molecule has 1 aliphatic heterocycles. The third-order valence-corrected chi connectivity index (χ3v) is 5.42. The molecule has 4 rings (SSSR count). The van der Waals surface area contributed by atoms with Crippen molar-refractivity contribution in [1.29, 1.82) is 0 Å². The van der Waals surface area contributed by atoms with Crippen molar-refractivity contribution < 1.29 is 8.78 Å². The van der Waals surface area contributed by atoms with Crippen molar-refractivity contribution in [2.45, 2.75) is 51.1 Å². The number of nitrogens with zero attached hydrogens (tertiary/aromatic N) is 4. The maximum Gasteiger partial charge on any atom is 0.330 e. The predicted octanol–water partition coefficient (Wildman–Crippen LogP) is 2.77. The zero-order valence-corrected chi connectivity index (χ0v) is 14.0. The number of rotatable bonds is 3. The molecule has 0 aromatic carbocycles. The first-order valence-corrected chi connectivity index (χ1v) is 8.59. The summed E-state index contributed by atoms with van der Waals surface area (Å²) in [6.45, 7) is 3.21. The summed E-state index contributed by atoms with van der Waals surface area (Å²) in [5.41, 5.74) is 0.932. The van der Waals surface area contributed by atoms with Gasteiger partial charge in [-0.15, -0.1) is 0 Å². The summed E-state index contributed by atoms with van der Waals surface area (Å²) in [5, 5.41) is 0. The van der Waals surface area contributed by atoms with E-state index in [1.807, 2.05) is 12.1 Å². The van der Waals surface area contributed by atoms with Crippen LogP contribution in [0, 0.1) is 5.92 Å². The van der Waals surface area contributed by atoms with Gasteiger partial charge in [0.05, 0.1) is 5.52 Å². The van der Waals surface area contributed by atoms with Gasteiger partial charge < -0.3 is 4.90 Å². The van der Waals surface area contributed by atoms with Crippen LogP contribution in [-0.4, -0.2) is 32.6 Å². The molecule has 2 aromatic rings. The van der Waals surface area contributed by atoms with Crippen LogP contribution in [0.1, 0.15) is 32.6 Å². The number of alkyl halides is 2. The number of imidazole rings is 1. The molecule has 0 spiro atoms. The van der Waals surface area contributed by atoms with Crippen molar-refractivity contribution in [3.63, 3.8) is 0 Å². The number of halogens is 2. The Morgan fingerprint density at radius 2 is 2.08 bits per heavy atom. The number of hydrogen-bond donors (Lipinski definition) is 0. The van der Waals surface area contributed by atoms with E-state index >= 15 is 0 Å². The second-order valence-corrected chi connectivity index (χ2v) is 7.16. The molecule has 0 amide bonds. The van der Waals surface area contributed by atoms with Crippen LogP contribution in [0.4, 0.5) is 14.6 Å². The third kappa shape index (κ3) is 2.41. The van der Waals surface area contributed by atoms with E-state index in [1.165, 1.54) is 15.6 Å². The van der Waals surface area contributed by atoms with Crippen molar-refractivity contribution in [2.24, 2.45) is 13.0 Å². The zero-order valence-electron chi connectivity index (χ0n) is 14.0. The van der Waals surface area contributed by atoms with E-state index in [1.54, 1.807) is 7.05 Å². The second-order valence-electron chi connectivity index (χ2n) is 7.16. The number of hydrogen-bond acceptors (Lipinski definition) is 3. The average Bonchev–Trinajstić information content (AvgIpc) is 3.10. The van der Waals surface area contributed by atoms with Crippen LogP contribution in [0.2, 0.25) is 0 Å². The molecule has 3 heterocycles. The molecule has 2 fully saturated rings. The summed E-state index contributed by atoms with van der Waals surface area (Å²) in [6, 6.07) is 4.18. The molecular weight excluding hydrogens is 314 g/mol. The molecule has 0 bridgehead atoms. The Kier molecular flexibility index (Phi) is 3.44. The highest BCUT2D eigenvalue weighted by Crippen LogP contribution is 2.49. The van der Waals surface area contributed by atoms with Crippen LogP contribution >= 0.6 is 0 Å². The van der Waals surface area contributed by atoms with Crippen molar-refractivity contribution in [1.82, 2.24) is 14.1 Å². The summed E-state index contributed by atoms with van der Waals surface area (Å²) in [5.74, 6) is -2.50. The number of fused-ring (bicyclic) bond motifs is 1. The Labute approximate surface area is 138 Å². The highest BCUT2D eigenvalue weighted by atomic mass is 19.3. The smallest absolute Gasteiger partial charge is 0.330 e. The molecular formula is C17H22F2N4O. The Hall–Kier alpha value is -1.92. The van der Waals surface area contributed by atoms with Crippen LogP contribution in [0.5, 0.6) is 0 Å². The highest BCUT2D eigenvalue weighted by Gasteiger charge is 2.57. The molecule has 1 unspecified atom stereocenters. The van der Waals surface area contributed by atoms with Gasteiger partial charge in [-0.1, -0.05) is 0 Å². The monoisotopic (exact) mass is 336 g/mol. The predicted molar refractivity (Wildman–Crippen MR) is 88.7 cm³/mol. The maximum atomic E-state index is 13.2. The molecule has 2 atom stereocenters. The van der Waals surface area contributed by atoms with Crippen molar-refractivity contribution in [2.75, 3.05) is 11.4 Å². The first kappa shape index (κ1) is 15.6. The molecule has 0 radical (unpaired) electrons. The van der Waals surface area contributed by atoms with Gasteiger partial charge in [0.2, 0.25) is 0 Å². The van der Waals surface area contributed by atoms with Crippen molar-refractivity contribution in [3.8, 4) is 0 Å². The summed E-state index contributed by atoms with van der Waals surface area (Å²) < 4.78 is 29.4. The van der Waals surface area contributed by atoms with Crippen molar-refractivity contribution in [3.05, 3.63) is 22.6 Å². The first-order chi connectivity index (χ1) is 11.4. The van der Waals surface area contributed by atoms with Gasteiger partial charge in [0.15, 0.2) is 5.65 Å². The van der Waals surface area contributed by atoms with Gasteiger partial charge in [-0.2, -0.15) is 0 Å². The molecule has 24 heavy (non-hydrogen) atoms. The van der Waals surface area contributed by atoms with Gasteiger partial charge in [-0.05, 0) is 38.3 Å². The van der Waals surface area contributed by atoms with Crippen LogP contribution in [0.25, 0.3) is 11.2 Å². The highest BCUT2D eigenvalue weighted by molar-refractivity contribution is 5.74. The summed E-state index contributed by atoms with van der Waals surface area (Å²) in [4.78, 5) is 19.4. The Morgan fingerprint density at radius 1 is 1.33 bits per heavy atom. The molecule has 1 saturated carbocycles. The Bertz CT molecular complexity index is 841. The minimum atomic E-state index is -2.63. The third-order valence-electron chi connectivity index (χ3n) is 5.42. The lowest BCUT2D eigenvalue weighted by Crippen LogP contribution is -2.37. The largest absolute Gasteiger partial charge is 0.354 e. The van der Waals surface area contributed by atoms with Gasteiger partial charge in [0, 0.05) is 38.5 Å². The maximum absolute atomic E-state index is 13.2. The standard InChI is InChI=1S/C17H22F2N4O/c1-11-5-3-4-8-22(11)14-7-6-13-15(20-14)21(2)16(24)23(13)10-12-9-17(12,18)19/h6-7,11-12H,3-5,8-10H2,1-2H3/t11-,12?/m1/s1. The van der Waals surface area contributed by atoms with Crippen LogP contribution < -0.4 is 10.6 Å². The minimum absolute atomic E-state index is 0.0598. The Morgan fingerprint density at radius 3 is 2.75 bits per heavy atom. The fourth-order valence-electron chi connectivity index (χ4n) is 3.73. The number of aryl methyl sites for hydroxylation is 1. The number of piperidine rings is 1. The first-order valence-electron chi connectivity index (χ1n) is 8.59. The molecule has 2 aromatic heterocycles. The van der Waals surface area contributed by atoms with Gasteiger partial charge in [0.25, 0.3) is 5.92 Å². The molecule has 130 valence electrons. The van der Waals surface area contributed by atoms with Gasteiger partial charge in [-0.25, -0.2) is 18.6 Å². The molecule has 5 nitrogen and oxygen atoms in total. The fraction of sp³-hybridized carbons (Fsp3) is 0.647. The van der Waals surface area contributed by atoms with Crippen LogP contribution in [0.15, 0.2) is 16.9 Å². The fourth-order valence-corrected chi connectivity index (χ4v) is 3.73. The van der Waals surface area contributed by atoms with E-state index in [0.29, 0.717) is 17.2 Å². The van der Waals surface area contributed by atoms with Gasteiger partial charge >= 0.3 is 5.69 Å². The lowest BCUT2D eigenvalue weighted by atomic mass is 10.0. The van der Waals surface area contributed by atoms with E-state index in [-0.39, 0.29) is 18.7 Å². The molecule has 1 aliphatic carbocycles. The van der Waals surface area contributed by atoms with Crippen LogP contribution in [-0.2, 0) is 13.6 Å². The topological polar surface area (TPSA) is 43.1 Å². The van der Waals surface area contributed by atoms with Crippen molar-refractivity contribution >= 4 is 17.0 Å². The SMILES string of the molecule is C[C@@H]1CCCCN1c1ccc2c(n1)n(C)c(=O)n2CC1CC1(F)F. The molecule has 0 N–H and O–H groups in total. The number of pyridine rings is 1. The zero-order chi connectivity index (χ0) is 17.1. The molecule has 7 heteroatoms. The quantitative estimate of drug-likeness (QED) is 0.866. The summed E-state index contributed by atoms with van der Waals surface area (Å²) >= 11 is 0. The summed E-state index contributed by atoms with van der Waals surface area (Å²) in [7, 11) is 1.66. The van der Waals surface area contributed by atoms with E-state index in [9.17, 15) is 13.6 Å². The normalized spacial score (nSPS) is 26.1. The molecule has 1 saturated heterocycles. The lowest BCUT2D eigenvalue weighted by Gasteiger charge is -2.34. The second kappa shape index (κ2) is 5.29. The molecule has 2 aliphatic rings. The van der Waals surface area contributed by atoms with Gasteiger partial charge in [0.1, 0.15) is 5.82 Å². The minimum Gasteiger partial charge on any atom is -0.354 e. The summed E-state index contributed by atoms with van der Waals surface area (Å²) in [6.07, 6.45) is 3.37. The van der Waals surface area contributed by atoms with Gasteiger partial charge in [-0.3, -0.25) is 9.13 Å². The number of aromatic nitrogens is 3. The Balaban J connectivity index is 1.72. The van der Waals surface area contributed by atoms with Crippen LogP contribution in [0.3, 0.4) is 0 Å².